The van der Waals surface area contributed by atoms with Crippen molar-refractivity contribution < 1.29 is 34.2 Å². The van der Waals surface area contributed by atoms with Crippen molar-refractivity contribution in [3.8, 4) is 0 Å². The molecule has 0 spiro atoms. The van der Waals surface area contributed by atoms with Gasteiger partial charge in [-0.3, -0.25) is 4.79 Å². The summed E-state index contributed by atoms with van der Waals surface area (Å²) in [6.45, 7) is 7.31. The fourth-order valence-electron chi connectivity index (χ4n) is 3.30. The summed E-state index contributed by atoms with van der Waals surface area (Å²) in [5.41, 5.74) is -0.341. The quantitative estimate of drug-likeness (QED) is 0.466. The Labute approximate surface area is 174 Å². The Morgan fingerprint density at radius 1 is 1.20 bits per heavy atom. The number of aliphatic carboxylic acids is 1. The number of rotatable bonds is 5. The highest BCUT2D eigenvalue weighted by atomic mass is 16.7. The van der Waals surface area contributed by atoms with E-state index in [0.29, 0.717) is 11.4 Å². The highest BCUT2D eigenvalue weighted by Crippen LogP contribution is 2.36. The molecule has 2 aliphatic rings. The average Bonchev–Trinajstić information content (AvgIpc) is 2.93. The molecule has 3 heterocycles. The number of carbonyl (C=O) groups excluding carboxylic acids is 1. The Bertz CT molecular complexity index is 788. The Morgan fingerprint density at radius 3 is 2.27 bits per heavy atom. The minimum Gasteiger partial charge on any atom is -0.480 e. The van der Waals surface area contributed by atoms with E-state index in [4.69, 9.17) is 14.4 Å². The largest absolute Gasteiger partial charge is 0.498 e. The third-order valence-corrected chi connectivity index (χ3v) is 5.87. The van der Waals surface area contributed by atoms with Crippen LogP contribution in [-0.2, 0) is 18.9 Å². The molecule has 0 unspecified atom stereocenters. The van der Waals surface area contributed by atoms with E-state index < -0.39 is 48.9 Å². The Hall–Kier alpha value is -2.28. The number of amides is 1. The van der Waals surface area contributed by atoms with Gasteiger partial charge < -0.3 is 34.4 Å². The summed E-state index contributed by atoms with van der Waals surface area (Å²) < 4.78 is 12.0. The maximum Gasteiger partial charge on any atom is 0.498 e. The number of hydrogen-bond acceptors (Lipinski definition) is 9. The van der Waals surface area contributed by atoms with E-state index in [9.17, 15) is 19.8 Å². The summed E-state index contributed by atoms with van der Waals surface area (Å²) in [4.78, 5) is 35.2. The monoisotopic (exact) mass is 422 g/mol. The van der Waals surface area contributed by atoms with E-state index in [2.05, 4.69) is 9.97 Å². The van der Waals surface area contributed by atoms with Crippen LogP contribution >= 0.6 is 0 Å². The van der Waals surface area contributed by atoms with Gasteiger partial charge in [-0.25, -0.2) is 14.8 Å². The molecule has 0 radical (unpaired) electrons. The maximum atomic E-state index is 12.2. The third kappa shape index (κ3) is 4.13. The minimum absolute atomic E-state index is 0.0466. The first-order chi connectivity index (χ1) is 14.0. The lowest BCUT2D eigenvalue weighted by molar-refractivity contribution is -0.155. The fraction of sp³-hybridized carbons (Fsp3) is 0.667. The first-order valence-corrected chi connectivity index (χ1v) is 9.71. The second kappa shape index (κ2) is 8.10. The zero-order valence-corrected chi connectivity index (χ0v) is 17.5. The third-order valence-electron chi connectivity index (χ3n) is 5.87. The smallest absolute Gasteiger partial charge is 0.480 e. The number of carboxylic acids is 1. The molecule has 1 amide bonds. The highest BCUT2D eigenvalue weighted by molar-refractivity contribution is 6.61. The number of anilines is 1. The lowest BCUT2D eigenvalue weighted by Gasteiger charge is -2.39. The second-order valence-electron chi connectivity index (χ2n) is 8.43. The number of nitrogens with zero attached hydrogens (tertiary/aromatic N) is 4. The van der Waals surface area contributed by atoms with Crippen LogP contribution in [0.2, 0.25) is 0 Å². The van der Waals surface area contributed by atoms with Gasteiger partial charge in [-0.1, -0.05) is 0 Å². The molecule has 2 fully saturated rings. The Balaban J connectivity index is 1.72. The van der Waals surface area contributed by atoms with Crippen LogP contribution in [0.4, 0.5) is 5.95 Å². The van der Waals surface area contributed by atoms with E-state index in [1.807, 2.05) is 27.7 Å². The molecule has 3 rings (SSSR count). The van der Waals surface area contributed by atoms with Crippen molar-refractivity contribution in [3.63, 3.8) is 0 Å². The van der Waals surface area contributed by atoms with Gasteiger partial charge in [-0.15, -0.1) is 0 Å². The van der Waals surface area contributed by atoms with Gasteiger partial charge in [0.05, 0.1) is 24.4 Å². The Kier molecular flexibility index (Phi) is 6.05. The van der Waals surface area contributed by atoms with Crippen molar-refractivity contribution >= 4 is 30.4 Å². The van der Waals surface area contributed by atoms with E-state index in [0.717, 1.165) is 4.90 Å². The summed E-state index contributed by atoms with van der Waals surface area (Å²) in [5, 5.41) is 28.1. The lowest BCUT2D eigenvalue weighted by atomic mass is 9.81. The molecule has 0 saturated carbocycles. The van der Waals surface area contributed by atoms with Crippen LogP contribution in [0.3, 0.4) is 0 Å². The van der Waals surface area contributed by atoms with Gasteiger partial charge in [0.1, 0.15) is 6.04 Å². The predicted molar refractivity (Wildman–Crippen MR) is 106 cm³/mol. The van der Waals surface area contributed by atoms with Gasteiger partial charge in [0, 0.05) is 30.9 Å². The minimum atomic E-state index is -1.64. The molecule has 3 N–H and O–H groups in total. The van der Waals surface area contributed by atoms with Crippen molar-refractivity contribution in [2.75, 3.05) is 31.1 Å². The molecule has 1 aromatic heterocycles. The first kappa shape index (κ1) is 22.4. The van der Waals surface area contributed by atoms with E-state index >= 15 is 0 Å². The van der Waals surface area contributed by atoms with Crippen LogP contribution in [0.15, 0.2) is 12.4 Å². The zero-order chi connectivity index (χ0) is 22.3. The molecular weight excluding hydrogens is 395 g/mol. The van der Waals surface area contributed by atoms with Crippen LogP contribution in [0.25, 0.3) is 0 Å². The van der Waals surface area contributed by atoms with Crippen molar-refractivity contribution in [2.24, 2.45) is 0 Å². The predicted octanol–water partition coefficient (Wildman–Crippen LogP) is -1.77. The summed E-state index contributed by atoms with van der Waals surface area (Å²) >= 11 is 0. The van der Waals surface area contributed by atoms with Crippen molar-refractivity contribution in [2.45, 2.75) is 51.0 Å². The van der Waals surface area contributed by atoms with Gasteiger partial charge in [-0.05, 0) is 27.7 Å². The number of aliphatic hydroxyl groups excluding tert-OH is 2. The van der Waals surface area contributed by atoms with Gasteiger partial charge in [-0.2, -0.15) is 0 Å². The highest BCUT2D eigenvalue weighted by Gasteiger charge is 2.52. The number of carbonyl (C=O) groups is 2. The molecule has 30 heavy (non-hydrogen) atoms. The van der Waals surface area contributed by atoms with E-state index in [1.54, 1.807) is 17.3 Å². The molecule has 2 atom stereocenters. The molecular formula is C18H27BN4O7. The lowest BCUT2D eigenvalue weighted by Crippen LogP contribution is -2.60. The molecule has 11 nitrogen and oxygen atoms in total. The summed E-state index contributed by atoms with van der Waals surface area (Å²) in [5.74, 6) is -1.72. The average molecular weight is 422 g/mol. The second-order valence-corrected chi connectivity index (χ2v) is 8.43. The molecule has 1 aromatic rings. The molecule has 2 aliphatic heterocycles. The fourth-order valence-corrected chi connectivity index (χ4v) is 3.30. The van der Waals surface area contributed by atoms with Crippen molar-refractivity contribution in [3.05, 3.63) is 12.4 Å². The van der Waals surface area contributed by atoms with Gasteiger partial charge >= 0.3 is 13.1 Å². The topological polar surface area (TPSA) is 146 Å². The van der Waals surface area contributed by atoms with E-state index in [1.165, 1.54) is 0 Å². The van der Waals surface area contributed by atoms with E-state index in [-0.39, 0.29) is 19.6 Å². The normalized spacial score (nSPS) is 24.1. The van der Waals surface area contributed by atoms with Crippen molar-refractivity contribution in [1.82, 2.24) is 14.9 Å². The van der Waals surface area contributed by atoms with Crippen LogP contribution in [0.1, 0.15) is 27.7 Å². The SMILES string of the molecule is CC1(C)OB(c2cnc(N3CCN(C(=O)[C@@H](O)CO)[C@@H](C(=O)O)C3)nc2)OC1(C)C. The van der Waals surface area contributed by atoms with Gasteiger partial charge in [0.15, 0.2) is 6.10 Å². The van der Waals surface area contributed by atoms with Crippen LogP contribution in [0.5, 0.6) is 0 Å². The number of carboxylic acid groups (broad SMARTS) is 1. The number of piperazine rings is 1. The molecule has 2 saturated heterocycles. The summed E-state index contributed by atoms with van der Waals surface area (Å²) in [6.07, 6.45) is 1.51. The van der Waals surface area contributed by atoms with Gasteiger partial charge in [0.2, 0.25) is 5.95 Å². The summed E-state index contributed by atoms with van der Waals surface area (Å²) in [6, 6.07) is -1.20. The number of aromatic nitrogens is 2. The number of aliphatic hydroxyl groups is 2. The van der Waals surface area contributed by atoms with Crippen molar-refractivity contribution in [1.29, 1.82) is 0 Å². The zero-order valence-electron chi connectivity index (χ0n) is 17.5. The Morgan fingerprint density at radius 2 is 1.77 bits per heavy atom. The maximum absolute atomic E-state index is 12.2. The van der Waals surface area contributed by atoms with Crippen LogP contribution < -0.4 is 10.4 Å². The molecule has 0 bridgehead atoms. The van der Waals surface area contributed by atoms with Gasteiger partial charge in [0.25, 0.3) is 5.91 Å². The molecule has 0 aliphatic carbocycles. The summed E-state index contributed by atoms with van der Waals surface area (Å²) in [7, 11) is -0.606. The first-order valence-electron chi connectivity index (χ1n) is 9.71. The molecule has 0 aromatic carbocycles. The number of hydrogen-bond donors (Lipinski definition) is 3. The molecule has 164 valence electrons. The standard InChI is InChI=1S/C18H27BN4O7/c1-17(2)18(3,4)30-19(29-17)11-7-20-16(21-8-11)22-5-6-23(12(9-22)15(27)28)14(26)13(25)10-24/h7-8,12-13,24-25H,5-6,9-10H2,1-4H3,(H,27,28)/t12-,13+/m1/s1. The van der Waals surface area contributed by atoms with Crippen LogP contribution in [0, 0.1) is 0 Å². The molecule has 12 heteroatoms. The van der Waals surface area contributed by atoms with Crippen LogP contribution in [-0.4, -0.2) is 98.8 Å².